The average Bonchev–Trinajstić information content (AvgIpc) is 3.21. The first-order valence-corrected chi connectivity index (χ1v) is 8.13. The van der Waals surface area contributed by atoms with Gasteiger partial charge in [-0.05, 0) is 37.1 Å². The van der Waals surface area contributed by atoms with E-state index >= 15 is 0 Å². The Kier molecular flexibility index (Phi) is 3.54. The predicted octanol–water partition coefficient (Wildman–Crippen LogP) is 4.60. The lowest BCUT2D eigenvalue weighted by molar-refractivity contribution is -0.138. The van der Waals surface area contributed by atoms with Crippen molar-refractivity contribution in [2.45, 2.75) is 24.8 Å². The van der Waals surface area contributed by atoms with Crippen LogP contribution < -0.4 is 0 Å². The Labute approximate surface area is 146 Å². The topological polar surface area (TPSA) is 55.1 Å². The first-order valence-electron chi connectivity index (χ1n) is 7.75. The number of hydrogen-bond acceptors (Lipinski definition) is 2. The minimum Gasteiger partial charge on any atom is -0.481 e. The molecule has 7 heteroatoms. The summed E-state index contributed by atoms with van der Waals surface area (Å²) in [7, 11) is 0. The van der Waals surface area contributed by atoms with E-state index in [1.165, 1.54) is 0 Å². The third-order valence-corrected chi connectivity index (χ3v) is 4.83. The third kappa shape index (κ3) is 2.66. The van der Waals surface area contributed by atoms with E-state index in [0.717, 1.165) is 12.1 Å². The van der Waals surface area contributed by atoms with Gasteiger partial charge in [-0.15, -0.1) is 0 Å². The number of rotatable bonds is 4. The molecule has 0 unspecified atom stereocenters. The summed E-state index contributed by atoms with van der Waals surface area (Å²) in [5.74, 6) is -2.43. The van der Waals surface area contributed by atoms with Crippen molar-refractivity contribution >= 4 is 28.6 Å². The highest BCUT2D eigenvalue weighted by molar-refractivity contribution is 6.30. The highest BCUT2D eigenvalue weighted by Crippen LogP contribution is 2.50. The number of carboxylic acids is 1. The van der Waals surface area contributed by atoms with E-state index in [-0.39, 0.29) is 6.42 Å². The number of carboxylic acid groups (broad SMARTS) is 1. The fourth-order valence-corrected chi connectivity index (χ4v) is 3.38. The molecule has 1 fully saturated rings. The molecule has 1 aliphatic rings. The Morgan fingerprint density at radius 3 is 2.44 bits per heavy atom. The number of aliphatic carboxylic acids is 1. The Hall–Kier alpha value is -2.47. The Morgan fingerprint density at radius 2 is 1.84 bits per heavy atom. The molecule has 0 atom stereocenters. The summed E-state index contributed by atoms with van der Waals surface area (Å²) in [5.41, 5.74) is 0.723. The van der Waals surface area contributed by atoms with Crippen molar-refractivity contribution < 1.29 is 18.7 Å². The highest BCUT2D eigenvalue weighted by atomic mass is 35.5. The zero-order chi connectivity index (χ0) is 17.8. The lowest BCUT2D eigenvalue weighted by Crippen LogP contribution is -2.22. The number of halogens is 3. The van der Waals surface area contributed by atoms with Crippen LogP contribution in [0.4, 0.5) is 8.78 Å². The maximum absolute atomic E-state index is 13.8. The summed E-state index contributed by atoms with van der Waals surface area (Å²) in [6.07, 6.45) is 1.19. The quantitative estimate of drug-likeness (QED) is 0.738. The largest absolute Gasteiger partial charge is 0.481 e. The Morgan fingerprint density at radius 1 is 1.20 bits per heavy atom. The molecule has 3 aromatic rings. The standard InChI is InChI=1S/C18H13ClF2N2O2/c19-11-3-1-10(2-4-11)17-22-14-7-12(20)13(21)8-15(14)23(17)18(5-6-18)9-16(24)25/h1-4,7-8H,5-6,9H2,(H,24,25). The van der Waals surface area contributed by atoms with Crippen molar-refractivity contribution in [1.29, 1.82) is 0 Å². The van der Waals surface area contributed by atoms with E-state index in [2.05, 4.69) is 4.98 Å². The molecule has 4 rings (SSSR count). The fraction of sp³-hybridized carbons (Fsp3) is 0.222. The third-order valence-electron chi connectivity index (χ3n) is 4.58. The predicted molar refractivity (Wildman–Crippen MR) is 89.6 cm³/mol. The van der Waals surface area contributed by atoms with Crippen LogP contribution in [0.1, 0.15) is 19.3 Å². The van der Waals surface area contributed by atoms with Gasteiger partial charge in [0.25, 0.3) is 0 Å². The molecular formula is C18H13ClF2N2O2. The molecule has 1 aliphatic carbocycles. The zero-order valence-electron chi connectivity index (χ0n) is 13.0. The van der Waals surface area contributed by atoms with Crippen LogP contribution in [0.5, 0.6) is 0 Å². The van der Waals surface area contributed by atoms with E-state index in [1.54, 1.807) is 28.8 Å². The SMILES string of the molecule is O=C(O)CC1(n2c(-c3ccc(Cl)cc3)nc3cc(F)c(F)cc32)CC1. The summed E-state index contributed by atoms with van der Waals surface area (Å²) in [6, 6.07) is 9.01. The summed E-state index contributed by atoms with van der Waals surface area (Å²) < 4.78 is 29.2. The van der Waals surface area contributed by atoms with Gasteiger partial charge < -0.3 is 9.67 Å². The summed E-state index contributed by atoms with van der Waals surface area (Å²) >= 11 is 5.93. The molecule has 0 aliphatic heterocycles. The van der Waals surface area contributed by atoms with Crippen molar-refractivity contribution in [3.05, 3.63) is 53.1 Å². The summed E-state index contributed by atoms with van der Waals surface area (Å²) in [4.78, 5) is 15.8. The molecule has 0 bridgehead atoms. The molecule has 1 saturated carbocycles. The van der Waals surface area contributed by atoms with Crippen LogP contribution in [0.25, 0.3) is 22.4 Å². The molecule has 1 heterocycles. The van der Waals surface area contributed by atoms with Gasteiger partial charge in [0, 0.05) is 22.7 Å². The molecule has 128 valence electrons. The fourth-order valence-electron chi connectivity index (χ4n) is 3.25. The number of nitrogens with zero attached hydrogens (tertiary/aromatic N) is 2. The van der Waals surface area contributed by atoms with E-state index in [1.807, 2.05) is 0 Å². The molecule has 2 aromatic carbocycles. The van der Waals surface area contributed by atoms with E-state index in [9.17, 15) is 18.7 Å². The molecule has 0 saturated heterocycles. The molecule has 1 aromatic heterocycles. The van der Waals surface area contributed by atoms with Gasteiger partial charge in [-0.2, -0.15) is 0 Å². The second-order valence-corrected chi connectivity index (χ2v) is 6.76. The van der Waals surface area contributed by atoms with Gasteiger partial charge >= 0.3 is 5.97 Å². The van der Waals surface area contributed by atoms with Crippen LogP contribution in [0, 0.1) is 11.6 Å². The van der Waals surface area contributed by atoms with Crippen molar-refractivity contribution in [3.63, 3.8) is 0 Å². The van der Waals surface area contributed by atoms with Gasteiger partial charge in [-0.1, -0.05) is 11.6 Å². The van der Waals surface area contributed by atoms with Crippen molar-refractivity contribution in [2.24, 2.45) is 0 Å². The zero-order valence-corrected chi connectivity index (χ0v) is 13.7. The maximum Gasteiger partial charge on any atom is 0.305 e. The number of aromatic nitrogens is 2. The van der Waals surface area contributed by atoms with Gasteiger partial charge in [0.15, 0.2) is 11.6 Å². The molecule has 1 N–H and O–H groups in total. The summed E-state index contributed by atoms with van der Waals surface area (Å²) in [6.45, 7) is 0. The molecule has 0 spiro atoms. The minimum absolute atomic E-state index is 0.0992. The smallest absolute Gasteiger partial charge is 0.305 e. The lowest BCUT2D eigenvalue weighted by Gasteiger charge is -2.19. The van der Waals surface area contributed by atoms with Gasteiger partial charge in [0.1, 0.15) is 5.82 Å². The highest BCUT2D eigenvalue weighted by Gasteiger charge is 2.48. The normalized spacial score (nSPS) is 15.5. The van der Waals surface area contributed by atoms with Crippen LogP contribution in [0.3, 0.4) is 0 Å². The van der Waals surface area contributed by atoms with Gasteiger partial charge in [0.2, 0.25) is 0 Å². The lowest BCUT2D eigenvalue weighted by atomic mass is 10.1. The average molecular weight is 363 g/mol. The van der Waals surface area contributed by atoms with Gasteiger partial charge in [-0.25, -0.2) is 13.8 Å². The van der Waals surface area contributed by atoms with Gasteiger partial charge in [0.05, 0.1) is 23.0 Å². The van der Waals surface area contributed by atoms with Crippen LogP contribution in [-0.4, -0.2) is 20.6 Å². The molecule has 0 radical (unpaired) electrons. The Balaban J connectivity index is 2.00. The number of hydrogen-bond donors (Lipinski definition) is 1. The van der Waals surface area contributed by atoms with E-state index < -0.39 is 23.1 Å². The van der Waals surface area contributed by atoms with E-state index in [4.69, 9.17) is 11.6 Å². The summed E-state index contributed by atoms with van der Waals surface area (Å²) in [5, 5.41) is 9.82. The Bertz CT molecular complexity index is 994. The van der Waals surface area contributed by atoms with E-state index in [0.29, 0.717) is 40.3 Å². The maximum atomic E-state index is 13.8. The molecule has 4 nitrogen and oxygen atoms in total. The first-order chi connectivity index (χ1) is 11.9. The first kappa shape index (κ1) is 16.0. The van der Waals surface area contributed by atoms with Crippen LogP contribution in [0.15, 0.2) is 36.4 Å². The number of fused-ring (bicyclic) bond motifs is 1. The van der Waals surface area contributed by atoms with Crippen LogP contribution in [-0.2, 0) is 10.3 Å². The minimum atomic E-state index is -0.984. The second-order valence-electron chi connectivity index (χ2n) is 6.33. The number of carbonyl (C=O) groups is 1. The van der Waals surface area contributed by atoms with Crippen molar-refractivity contribution in [3.8, 4) is 11.4 Å². The number of imidazole rings is 1. The van der Waals surface area contributed by atoms with Crippen LogP contribution in [0.2, 0.25) is 5.02 Å². The van der Waals surface area contributed by atoms with Crippen molar-refractivity contribution in [1.82, 2.24) is 9.55 Å². The second kappa shape index (κ2) is 5.52. The van der Waals surface area contributed by atoms with Crippen molar-refractivity contribution in [2.75, 3.05) is 0 Å². The molecule has 0 amide bonds. The number of benzene rings is 2. The molecular weight excluding hydrogens is 350 g/mol. The van der Waals surface area contributed by atoms with Gasteiger partial charge in [-0.3, -0.25) is 4.79 Å². The monoisotopic (exact) mass is 362 g/mol. The molecule has 25 heavy (non-hydrogen) atoms. The van der Waals surface area contributed by atoms with Crippen LogP contribution >= 0.6 is 11.6 Å².